The number of carboxylic acid groups (broad SMARTS) is 1. The highest BCUT2D eigenvalue weighted by Gasteiger charge is 2.20. The largest absolute Gasteiger partial charge is 0.497 e. The van der Waals surface area contributed by atoms with Crippen molar-refractivity contribution < 1.29 is 14.6 Å². The molecule has 0 aliphatic rings. The van der Waals surface area contributed by atoms with Crippen LogP contribution >= 0.6 is 11.3 Å². The molecule has 0 aliphatic heterocycles. The zero-order valence-corrected chi connectivity index (χ0v) is 13.6. The van der Waals surface area contributed by atoms with Crippen molar-refractivity contribution in [3.05, 3.63) is 59.0 Å². The van der Waals surface area contributed by atoms with Crippen LogP contribution in [0.3, 0.4) is 0 Å². The predicted octanol–water partition coefficient (Wildman–Crippen LogP) is 4.49. The van der Waals surface area contributed by atoms with Gasteiger partial charge < -0.3 is 9.84 Å². The SMILES string of the molecule is COc1ccc(-c2nc(-c3ccccc3C)sc2C(=O)O)cc1. The summed E-state index contributed by atoms with van der Waals surface area (Å²) in [4.78, 5) is 16.4. The summed E-state index contributed by atoms with van der Waals surface area (Å²) in [7, 11) is 1.59. The van der Waals surface area contributed by atoms with Gasteiger partial charge in [-0.2, -0.15) is 0 Å². The molecular weight excluding hydrogens is 310 g/mol. The standard InChI is InChI=1S/C18H15NO3S/c1-11-5-3-4-6-14(11)17-19-15(16(23-17)18(20)21)12-7-9-13(22-2)10-8-12/h3-10H,1-2H3,(H,20,21). The van der Waals surface area contributed by atoms with E-state index in [2.05, 4.69) is 4.98 Å². The molecule has 0 unspecified atom stereocenters. The van der Waals surface area contributed by atoms with E-state index in [-0.39, 0.29) is 4.88 Å². The van der Waals surface area contributed by atoms with Crippen molar-refractivity contribution in [3.63, 3.8) is 0 Å². The number of aromatic nitrogens is 1. The van der Waals surface area contributed by atoms with Gasteiger partial charge in [0, 0.05) is 11.1 Å². The van der Waals surface area contributed by atoms with Gasteiger partial charge in [0.05, 0.1) is 12.8 Å². The maximum Gasteiger partial charge on any atom is 0.348 e. The second-order valence-electron chi connectivity index (χ2n) is 5.05. The molecule has 5 heteroatoms. The Morgan fingerprint density at radius 2 is 1.83 bits per heavy atom. The molecule has 3 aromatic rings. The zero-order valence-electron chi connectivity index (χ0n) is 12.7. The molecule has 0 saturated carbocycles. The van der Waals surface area contributed by atoms with E-state index in [9.17, 15) is 9.90 Å². The Kier molecular flexibility index (Phi) is 4.12. The normalized spacial score (nSPS) is 10.5. The minimum Gasteiger partial charge on any atom is -0.497 e. The van der Waals surface area contributed by atoms with E-state index >= 15 is 0 Å². The van der Waals surface area contributed by atoms with Gasteiger partial charge in [-0.05, 0) is 36.8 Å². The number of thiazole rings is 1. The number of carbonyl (C=O) groups is 1. The van der Waals surface area contributed by atoms with Crippen molar-refractivity contribution in [2.24, 2.45) is 0 Å². The van der Waals surface area contributed by atoms with Gasteiger partial charge >= 0.3 is 5.97 Å². The smallest absolute Gasteiger partial charge is 0.348 e. The number of benzene rings is 2. The quantitative estimate of drug-likeness (QED) is 0.767. The molecule has 4 nitrogen and oxygen atoms in total. The van der Waals surface area contributed by atoms with E-state index in [1.54, 1.807) is 19.2 Å². The van der Waals surface area contributed by atoms with Gasteiger partial charge in [-0.25, -0.2) is 9.78 Å². The number of aromatic carboxylic acids is 1. The average molecular weight is 325 g/mol. The number of hydrogen-bond donors (Lipinski definition) is 1. The Morgan fingerprint density at radius 1 is 1.13 bits per heavy atom. The number of aryl methyl sites for hydroxylation is 1. The highest BCUT2D eigenvalue weighted by atomic mass is 32.1. The van der Waals surface area contributed by atoms with Gasteiger partial charge in [-0.1, -0.05) is 24.3 Å². The van der Waals surface area contributed by atoms with Crippen LogP contribution < -0.4 is 4.74 Å². The molecule has 1 aromatic heterocycles. The van der Waals surface area contributed by atoms with Gasteiger partial charge in [-0.15, -0.1) is 11.3 Å². The third-order valence-electron chi connectivity index (χ3n) is 3.56. The summed E-state index contributed by atoms with van der Waals surface area (Å²) in [6.07, 6.45) is 0. The van der Waals surface area contributed by atoms with Crippen LogP contribution in [-0.2, 0) is 0 Å². The molecule has 0 radical (unpaired) electrons. The lowest BCUT2D eigenvalue weighted by Crippen LogP contribution is -1.95. The zero-order chi connectivity index (χ0) is 16.4. The third kappa shape index (κ3) is 2.96. The molecule has 0 atom stereocenters. The van der Waals surface area contributed by atoms with E-state index in [0.29, 0.717) is 10.7 Å². The van der Waals surface area contributed by atoms with Gasteiger partial charge in [0.2, 0.25) is 0 Å². The number of hydrogen-bond acceptors (Lipinski definition) is 4. The molecule has 0 saturated heterocycles. The van der Waals surface area contributed by atoms with Crippen molar-refractivity contribution >= 4 is 17.3 Å². The molecule has 0 aliphatic carbocycles. The van der Waals surface area contributed by atoms with E-state index in [0.717, 1.165) is 22.4 Å². The Hall–Kier alpha value is -2.66. The van der Waals surface area contributed by atoms with E-state index in [1.807, 2.05) is 43.3 Å². The van der Waals surface area contributed by atoms with Crippen molar-refractivity contribution in [1.29, 1.82) is 0 Å². The summed E-state index contributed by atoms with van der Waals surface area (Å²) in [5, 5.41) is 10.2. The molecule has 1 heterocycles. The molecule has 0 fully saturated rings. The lowest BCUT2D eigenvalue weighted by atomic mass is 10.1. The van der Waals surface area contributed by atoms with Crippen LogP contribution in [0, 0.1) is 6.92 Å². The minimum atomic E-state index is -0.965. The van der Waals surface area contributed by atoms with E-state index in [1.165, 1.54) is 11.3 Å². The second kappa shape index (κ2) is 6.22. The fourth-order valence-corrected chi connectivity index (χ4v) is 3.35. The van der Waals surface area contributed by atoms with E-state index in [4.69, 9.17) is 4.74 Å². The van der Waals surface area contributed by atoms with Crippen molar-refractivity contribution in [2.45, 2.75) is 6.92 Å². The lowest BCUT2D eigenvalue weighted by molar-refractivity contribution is 0.0702. The number of rotatable bonds is 4. The Labute approximate surface area is 138 Å². The first-order chi connectivity index (χ1) is 11.1. The topological polar surface area (TPSA) is 59.4 Å². The molecule has 2 aromatic carbocycles. The monoisotopic (exact) mass is 325 g/mol. The molecule has 0 bridgehead atoms. The minimum absolute atomic E-state index is 0.244. The predicted molar refractivity (Wildman–Crippen MR) is 91.2 cm³/mol. The number of ether oxygens (including phenoxy) is 1. The highest BCUT2D eigenvalue weighted by Crippen LogP contribution is 2.35. The Bertz CT molecular complexity index is 853. The van der Waals surface area contributed by atoms with Gasteiger partial charge in [-0.3, -0.25) is 0 Å². The summed E-state index contributed by atoms with van der Waals surface area (Å²) in [5.74, 6) is -0.242. The maximum atomic E-state index is 11.6. The summed E-state index contributed by atoms with van der Waals surface area (Å²) < 4.78 is 5.14. The summed E-state index contributed by atoms with van der Waals surface area (Å²) in [6, 6.07) is 15.1. The fourth-order valence-electron chi connectivity index (χ4n) is 2.34. The van der Waals surface area contributed by atoms with Crippen molar-refractivity contribution in [1.82, 2.24) is 4.98 Å². The average Bonchev–Trinajstić information content (AvgIpc) is 3.01. The maximum absolute atomic E-state index is 11.6. The van der Waals surface area contributed by atoms with E-state index < -0.39 is 5.97 Å². The van der Waals surface area contributed by atoms with Crippen LogP contribution in [0.1, 0.15) is 15.2 Å². The van der Waals surface area contributed by atoms with Crippen LogP contribution in [-0.4, -0.2) is 23.2 Å². The highest BCUT2D eigenvalue weighted by molar-refractivity contribution is 7.17. The Morgan fingerprint density at radius 3 is 2.43 bits per heavy atom. The van der Waals surface area contributed by atoms with Crippen LogP contribution in [0.15, 0.2) is 48.5 Å². The van der Waals surface area contributed by atoms with Gasteiger partial charge in [0.1, 0.15) is 15.6 Å². The van der Waals surface area contributed by atoms with Gasteiger partial charge in [0.15, 0.2) is 0 Å². The first-order valence-electron chi connectivity index (χ1n) is 7.04. The first kappa shape index (κ1) is 15.2. The molecule has 3 rings (SSSR count). The van der Waals surface area contributed by atoms with Crippen LogP contribution in [0.5, 0.6) is 5.75 Å². The summed E-state index contributed by atoms with van der Waals surface area (Å²) in [6.45, 7) is 1.99. The summed E-state index contributed by atoms with van der Waals surface area (Å²) in [5.41, 5.74) is 3.28. The Balaban J connectivity index is 2.13. The first-order valence-corrected chi connectivity index (χ1v) is 7.86. The molecular formula is C18H15NO3S. The molecule has 0 amide bonds. The number of methoxy groups -OCH3 is 1. The molecule has 23 heavy (non-hydrogen) atoms. The second-order valence-corrected chi connectivity index (χ2v) is 6.04. The van der Waals surface area contributed by atoms with Crippen LogP contribution in [0.4, 0.5) is 0 Å². The third-order valence-corrected chi connectivity index (χ3v) is 4.64. The number of nitrogens with zero attached hydrogens (tertiary/aromatic N) is 1. The van der Waals surface area contributed by atoms with Crippen molar-refractivity contribution in [2.75, 3.05) is 7.11 Å². The molecule has 1 N–H and O–H groups in total. The van der Waals surface area contributed by atoms with Gasteiger partial charge in [0.25, 0.3) is 0 Å². The molecule has 0 spiro atoms. The number of carboxylic acids is 1. The summed E-state index contributed by atoms with van der Waals surface area (Å²) >= 11 is 1.20. The fraction of sp³-hybridized carbons (Fsp3) is 0.111. The van der Waals surface area contributed by atoms with Crippen LogP contribution in [0.25, 0.3) is 21.8 Å². The lowest BCUT2D eigenvalue weighted by Gasteiger charge is -2.02. The van der Waals surface area contributed by atoms with Crippen LogP contribution in [0.2, 0.25) is 0 Å². The van der Waals surface area contributed by atoms with Crippen molar-refractivity contribution in [3.8, 4) is 27.6 Å². The molecule has 116 valence electrons.